The van der Waals surface area contributed by atoms with Crippen LogP contribution in [0.4, 0.5) is 0 Å². The first-order valence-electron chi connectivity index (χ1n) is 5.27. The molecule has 2 heterocycles. The Labute approximate surface area is 103 Å². The van der Waals surface area contributed by atoms with Crippen LogP contribution in [-0.4, -0.2) is 29.5 Å². The molecule has 1 aromatic heterocycles. The molecule has 0 spiro atoms. The molecule has 3 nitrogen and oxygen atoms in total. The minimum atomic E-state index is -0.833. The Morgan fingerprint density at radius 3 is 3.12 bits per heavy atom. The van der Waals surface area contributed by atoms with E-state index in [9.17, 15) is 4.79 Å². The topological polar surface area (TPSA) is 46.5 Å². The number of carboxylic acids is 1. The van der Waals surface area contributed by atoms with Gasteiger partial charge in [0.1, 0.15) is 4.88 Å². The molecule has 0 bridgehead atoms. The van der Waals surface area contributed by atoms with Crippen LogP contribution in [0, 0.1) is 0 Å². The zero-order chi connectivity index (χ0) is 11.4. The highest BCUT2D eigenvalue weighted by atomic mass is 32.2. The molecule has 0 aliphatic carbocycles. The number of thioether (sulfide) groups is 1. The average Bonchev–Trinajstić information content (AvgIpc) is 2.87. The van der Waals surface area contributed by atoms with Crippen LogP contribution in [-0.2, 0) is 10.5 Å². The van der Waals surface area contributed by atoms with Crippen molar-refractivity contribution in [3.8, 4) is 0 Å². The van der Waals surface area contributed by atoms with Gasteiger partial charge in [-0.05, 0) is 25.0 Å². The van der Waals surface area contributed by atoms with E-state index in [1.54, 1.807) is 6.07 Å². The zero-order valence-electron chi connectivity index (χ0n) is 8.85. The molecular formula is C11H14O3S2. The van der Waals surface area contributed by atoms with E-state index in [1.165, 1.54) is 17.8 Å². The summed E-state index contributed by atoms with van der Waals surface area (Å²) in [5.41, 5.74) is 0. The third-order valence-electron chi connectivity index (χ3n) is 2.44. The second kappa shape index (κ2) is 5.70. The van der Waals surface area contributed by atoms with E-state index >= 15 is 0 Å². The summed E-state index contributed by atoms with van der Waals surface area (Å²) in [6.07, 6.45) is 2.74. The molecule has 1 atom stereocenters. The molecule has 88 valence electrons. The highest BCUT2D eigenvalue weighted by Crippen LogP contribution is 2.24. The van der Waals surface area contributed by atoms with Crippen molar-refractivity contribution < 1.29 is 14.6 Å². The Kier molecular flexibility index (Phi) is 4.26. The normalized spacial score (nSPS) is 20.1. The number of ether oxygens (including phenoxy) is 1. The first-order chi connectivity index (χ1) is 7.75. The number of carboxylic acid groups (broad SMARTS) is 1. The van der Waals surface area contributed by atoms with Crippen LogP contribution < -0.4 is 0 Å². The molecule has 0 saturated carbocycles. The van der Waals surface area contributed by atoms with Crippen LogP contribution in [0.3, 0.4) is 0 Å². The Morgan fingerprint density at radius 1 is 1.62 bits per heavy atom. The predicted molar refractivity (Wildman–Crippen MR) is 66.4 cm³/mol. The SMILES string of the molecule is O=C(O)c1ccc(CSCC2CCCO2)s1. The van der Waals surface area contributed by atoms with Crippen molar-refractivity contribution in [3.63, 3.8) is 0 Å². The van der Waals surface area contributed by atoms with Crippen LogP contribution in [0.2, 0.25) is 0 Å². The fourth-order valence-electron chi connectivity index (χ4n) is 1.64. The van der Waals surface area contributed by atoms with Gasteiger partial charge in [0, 0.05) is 23.0 Å². The molecule has 1 aliphatic rings. The lowest BCUT2D eigenvalue weighted by Gasteiger charge is -2.07. The second-order valence-electron chi connectivity index (χ2n) is 3.72. The summed E-state index contributed by atoms with van der Waals surface area (Å²) in [6, 6.07) is 3.57. The van der Waals surface area contributed by atoms with Crippen molar-refractivity contribution in [1.82, 2.24) is 0 Å². The van der Waals surface area contributed by atoms with Crippen molar-refractivity contribution in [2.24, 2.45) is 0 Å². The molecule has 1 unspecified atom stereocenters. The summed E-state index contributed by atoms with van der Waals surface area (Å²) < 4.78 is 5.52. The summed E-state index contributed by atoms with van der Waals surface area (Å²) in [5.74, 6) is 1.07. The number of hydrogen-bond acceptors (Lipinski definition) is 4. The molecule has 1 aromatic rings. The molecule has 0 radical (unpaired) electrons. The summed E-state index contributed by atoms with van der Waals surface area (Å²) in [4.78, 5) is 12.2. The van der Waals surface area contributed by atoms with E-state index in [0.717, 1.165) is 29.4 Å². The van der Waals surface area contributed by atoms with Gasteiger partial charge in [-0.25, -0.2) is 4.79 Å². The molecule has 16 heavy (non-hydrogen) atoms. The minimum Gasteiger partial charge on any atom is -0.477 e. The zero-order valence-corrected chi connectivity index (χ0v) is 10.5. The van der Waals surface area contributed by atoms with Gasteiger partial charge in [0.15, 0.2) is 0 Å². The fourth-order valence-corrected chi connectivity index (χ4v) is 3.71. The predicted octanol–water partition coefficient (Wildman–Crippen LogP) is 2.86. The van der Waals surface area contributed by atoms with Gasteiger partial charge in [-0.1, -0.05) is 0 Å². The van der Waals surface area contributed by atoms with Crippen molar-refractivity contribution >= 4 is 29.1 Å². The molecule has 0 amide bonds. The molecule has 0 aromatic carbocycles. The van der Waals surface area contributed by atoms with E-state index in [1.807, 2.05) is 17.8 Å². The van der Waals surface area contributed by atoms with Crippen LogP contribution in [0.1, 0.15) is 27.4 Å². The Hall–Kier alpha value is -0.520. The standard InChI is InChI=1S/C11H14O3S2/c12-11(13)10-4-3-9(16-10)7-15-6-8-2-1-5-14-8/h3-4,8H,1-2,5-7H2,(H,12,13). The van der Waals surface area contributed by atoms with E-state index in [4.69, 9.17) is 9.84 Å². The summed E-state index contributed by atoms with van der Waals surface area (Å²) in [5, 5.41) is 8.78. The smallest absolute Gasteiger partial charge is 0.345 e. The molecule has 5 heteroatoms. The van der Waals surface area contributed by atoms with Gasteiger partial charge >= 0.3 is 5.97 Å². The minimum absolute atomic E-state index is 0.406. The molecule has 1 saturated heterocycles. The highest BCUT2D eigenvalue weighted by molar-refractivity contribution is 7.98. The molecular weight excluding hydrogens is 244 g/mol. The lowest BCUT2D eigenvalue weighted by molar-refractivity contribution is 0.0702. The van der Waals surface area contributed by atoms with Gasteiger partial charge in [0.2, 0.25) is 0 Å². The summed E-state index contributed by atoms with van der Waals surface area (Å²) in [7, 11) is 0. The number of hydrogen-bond donors (Lipinski definition) is 1. The van der Waals surface area contributed by atoms with E-state index < -0.39 is 5.97 Å². The van der Waals surface area contributed by atoms with E-state index in [2.05, 4.69) is 0 Å². The lowest BCUT2D eigenvalue weighted by Crippen LogP contribution is -2.07. The Morgan fingerprint density at radius 2 is 2.50 bits per heavy atom. The van der Waals surface area contributed by atoms with Crippen LogP contribution in [0.5, 0.6) is 0 Å². The van der Waals surface area contributed by atoms with Crippen LogP contribution >= 0.6 is 23.1 Å². The summed E-state index contributed by atoms with van der Waals surface area (Å²) in [6.45, 7) is 0.896. The largest absolute Gasteiger partial charge is 0.477 e. The Bertz CT molecular complexity index is 356. The molecule has 1 aliphatic heterocycles. The number of rotatable bonds is 5. The monoisotopic (exact) mass is 258 g/mol. The first kappa shape index (κ1) is 12.0. The Balaban J connectivity index is 1.74. The third kappa shape index (κ3) is 3.23. The van der Waals surface area contributed by atoms with Gasteiger partial charge in [0.05, 0.1) is 6.10 Å². The fraction of sp³-hybridized carbons (Fsp3) is 0.545. The number of aromatic carboxylic acids is 1. The number of thiophene rings is 1. The highest BCUT2D eigenvalue weighted by Gasteiger charge is 2.15. The van der Waals surface area contributed by atoms with Gasteiger partial charge in [-0.3, -0.25) is 0 Å². The average molecular weight is 258 g/mol. The lowest BCUT2D eigenvalue weighted by atomic mass is 10.3. The summed E-state index contributed by atoms with van der Waals surface area (Å²) >= 11 is 3.18. The van der Waals surface area contributed by atoms with E-state index in [-0.39, 0.29) is 0 Å². The van der Waals surface area contributed by atoms with Gasteiger partial charge < -0.3 is 9.84 Å². The maximum absolute atomic E-state index is 10.7. The van der Waals surface area contributed by atoms with Gasteiger partial charge in [-0.15, -0.1) is 11.3 Å². The first-order valence-corrected chi connectivity index (χ1v) is 7.24. The van der Waals surface area contributed by atoms with Crippen molar-refractivity contribution in [3.05, 3.63) is 21.9 Å². The van der Waals surface area contributed by atoms with Crippen molar-refractivity contribution in [2.75, 3.05) is 12.4 Å². The maximum atomic E-state index is 10.7. The second-order valence-corrected chi connectivity index (χ2v) is 5.92. The van der Waals surface area contributed by atoms with Crippen LogP contribution in [0.15, 0.2) is 12.1 Å². The van der Waals surface area contributed by atoms with Gasteiger partial charge in [0.25, 0.3) is 0 Å². The van der Waals surface area contributed by atoms with Crippen molar-refractivity contribution in [2.45, 2.75) is 24.7 Å². The molecule has 1 N–H and O–H groups in total. The third-order valence-corrected chi connectivity index (χ3v) is 4.82. The van der Waals surface area contributed by atoms with E-state index in [0.29, 0.717) is 11.0 Å². The molecule has 2 rings (SSSR count). The van der Waals surface area contributed by atoms with Gasteiger partial charge in [-0.2, -0.15) is 11.8 Å². The molecule has 1 fully saturated rings. The quantitative estimate of drug-likeness (QED) is 0.882. The van der Waals surface area contributed by atoms with Crippen molar-refractivity contribution in [1.29, 1.82) is 0 Å². The number of carbonyl (C=O) groups is 1. The maximum Gasteiger partial charge on any atom is 0.345 e. The van der Waals surface area contributed by atoms with Crippen LogP contribution in [0.25, 0.3) is 0 Å².